The molecule has 1 aliphatic heterocycles. The van der Waals surface area contributed by atoms with E-state index < -0.39 is 5.69 Å². The number of rotatable bonds is 4. The molecule has 1 atom stereocenters. The maximum Gasteiger partial charge on any atom is 0.328 e. The van der Waals surface area contributed by atoms with Crippen LogP contribution >= 0.6 is 0 Å². The Morgan fingerprint density at radius 3 is 2.73 bits per heavy atom. The maximum atomic E-state index is 12.5. The van der Waals surface area contributed by atoms with Crippen molar-refractivity contribution in [3.63, 3.8) is 0 Å². The van der Waals surface area contributed by atoms with E-state index in [1.165, 1.54) is 6.07 Å². The lowest BCUT2D eigenvalue weighted by atomic mass is 10.1. The van der Waals surface area contributed by atoms with Gasteiger partial charge in [0.2, 0.25) is 5.91 Å². The summed E-state index contributed by atoms with van der Waals surface area (Å²) < 4.78 is 1.11. The number of fused-ring (bicyclic) bond motifs is 1. The average Bonchev–Trinajstić information content (AvgIpc) is 3.09. The van der Waals surface area contributed by atoms with Crippen molar-refractivity contribution >= 4 is 22.7 Å². The molecule has 2 N–H and O–H groups in total. The number of H-pyrrole nitrogens is 1. The molecular formula is C18H22N4O4. The molecule has 0 aliphatic carbocycles. The molecular weight excluding hydrogens is 336 g/mol. The standard InChI is InChI=1S/C18H22N4O4/c1-3-15(23)21-8-7-12(10-21)19-16(24)11-5-6-13-14(9-11)20-18(26)22(4-2)17(13)25/h5-6,9,12H,3-4,7-8,10H2,1-2H3,(H,19,24)(H,20,26)/t12-/m0/s1. The van der Waals surface area contributed by atoms with Crippen molar-refractivity contribution in [1.82, 2.24) is 19.8 Å². The van der Waals surface area contributed by atoms with Gasteiger partial charge in [-0.25, -0.2) is 4.79 Å². The van der Waals surface area contributed by atoms with Gasteiger partial charge in [-0.3, -0.25) is 19.0 Å². The first-order chi connectivity index (χ1) is 12.4. The molecule has 1 aromatic heterocycles. The fourth-order valence-electron chi connectivity index (χ4n) is 3.28. The van der Waals surface area contributed by atoms with Gasteiger partial charge in [-0.1, -0.05) is 6.92 Å². The van der Waals surface area contributed by atoms with E-state index in [1.54, 1.807) is 24.0 Å². The Hall–Kier alpha value is -2.90. The summed E-state index contributed by atoms with van der Waals surface area (Å²) in [7, 11) is 0. The van der Waals surface area contributed by atoms with Crippen LogP contribution in [0.15, 0.2) is 27.8 Å². The van der Waals surface area contributed by atoms with Crippen LogP contribution in [0, 0.1) is 0 Å². The van der Waals surface area contributed by atoms with E-state index in [2.05, 4.69) is 10.3 Å². The van der Waals surface area contributed by atoms with Gasteiger partial charge in [-0.2, -0.15) is 0 Å². The molecule has 0 saturated carbocycles. The lowest BCUT2D eigenvalue weighted by Crippen LogP contribution is -2.38. The zero-order valence-electron chi connectivity index (χ0n) is 14.9. The highest BCUT2D eigenvalue weighted by Gasteiger charge is 2.26. The molecule has 0 radical (unpaired) electrons. The second kappa shape index (κ2) is 7.15. The number of carbonyl (C=O) groups is 2. The number of hydrogen-bond donors (Lipinski definition) is 2. The molecule has 8 nitrogen and oxygen atoms in total. The van der Waals surface area contributed by atoms with Crippen LogP contribution in [0.25, 0.3) is 10.9 Å². The van der Waals surface area contributed by atoms with Crippen LogP contribution in [0.3, 0.4) is 0 Å². The third kappa shape index (κ3) is 3.26. The predicted molar refractivity (Wildman–Crippen MR) is 97.2 cm³/mol. The number of benzene rings is 1. The van der Waals surface area contributed by atoms with Gasteiger partial charge in [-0.15, -0.1) is 0 Å². The summed E-state index contributed by atoms with van der Waals surface area (Å²) in [4.78, 5) is 52.8. The number of likely N-dealkylation sites (tertiary alicyclic amines) is 1. The highest BCUT2D eigenvalue weighted by atomic mass is 16.2. The second-order valence-corrected chi connectivity index (χ2v) is 6.39. The van der Waals surface area contributed by atoms with Gasteiger partial charge >= 0.3 is 5.69 Å². The monoisotopic (exact) mass is 358 g/mol. The summed E-state index contributed by atoms with van der Waals surface area (Å²) in [6.07, 6.45) is 1.16. The predicted octanol–water partition coefficient (Wildman–Crippen LogP) is 0.450. The van der Waals surface area contributed by atoms with Gasteiger partial charge in [-0.05, 0) is 31.5 Å². The Balaban J connectivity index is 1.80. The summed E-state index contributed by atoms with van der Waals surface area (Å²) in [6, 6.07) is 4.54. The van der Waals surface area contributed by atoms with Crippen molar-refractivity contribution < 1.29 is 9.59 Å². The molecule has 2 heterocycles. The molecule has 1 saturated heterocycles. The minimum atomic E-state index is -0.493. The third-order valence-corrected chi connectivity index (χ3v) is 4.74. The summed E-state index contributed by atoms with van der Waals surface area (Å²) in [5.41, 5.74) is -0.164. The highest BCUT2D eigenvalue weighted by Crippen LogP contribution is 2.13. The molecule has 2 amide bonds. The molecule has 8 heteroatoms. The Morgan fingerprint density at radius 1 is 1.27 bits per heavy atom. The number of nitrogens with one attached hydrogen (secondary N) is 2. The van der Waals surface area contributed by atoms with Crippen molar-refractivity contribution in [2.24, 2.45) is 0 Å². The number of aromatic nitrogens is 2. The Bertz CT molecular complexity index is 975. The number of nitrogens with zero attached hydrogens (tertiary/aromatic N) is 2. The summed E-state index contributed by atoms with van der Waals surface area (Å²) >= 11 is 0. The van der Waals surface area contributed by atoms with Gasteiger partial charge < -0.3 is 15.2 Å². The highest BCUT2D eigenvalue weighted by molar-refractivity contribution is 5.97. The van der Waals surface area contributed by atoms with E-state index in [0.717, 1.165) is 4.57 Å². The van der Waals surface area contributed by atoms with Crippen molar-refractivity contribution in [3.8, 4) is 0 Å². The normalized spacial score (nSPS) is 16.8. The number of hydrogen-bond acceptors (Lipinski definition) is 4. The van der Waals surface area contributed by atoms with E-state index in [1.807, 2.05) is 6.92 Å². The van der Waals surface area contributed by atoms with Crippen LogP contribution in [0.2, 0.25) is 0 Å². The molecule has 26 heavy (non-hydrogen) atoms. The third-order valence-electron chi connectivity index (χ3n) is 4.74. The van der Waals surface area contributed by atoms with Crippen LogP contribution in [0.5, 0.6) is 0 Å². The van der Waals surface area contributed by atoms with Gasteiger partial charge in [0.15, 0.2) is 0 Å². The van der Waals surface area contributed by atoms with Gasteiger partial charge in [0.1, 0.15) is 0 Å². The lowest BCUT2D eigenvalue weighted by Gasteiger charge is -2.16. The smallest absolute Gasteiger partial charge is 0.328 e. The Kier molecular flexibility index (Phi) is 4.92. The number of carbonyl (C=O) groups excluding carboxylic acids is 2. The summed E-state index contributed by atoms with van der Waals surface area (Å²) in [5.74, 6) is -0.208. The van der Waals surface area contributed by atoms with Crippen molar-refractivity contribution in [3.05, 3.63) is 44.6 Å². The minimum Gasteiger partial charge on any atom is -0.347 e. The summed E-state index contributed by atoms with van der Waals surface area (Å²) in [6.45, 7) is 4.96. The van der Waals surface area contributed by atoms with Crippen LogP contribution in [0.1, 0.15) is 37.0 Å². The van der Waals surface area contributed by atoms with Crippen LogP contribution in [-0.4, -0.2) is 45.4 Å². The molecule has 0 bridgehead atoms. The topological polar surface area (TPSA) is 104 Å². The lowest BCUT2D eigenvalue weighted by molar-refractivity contribution is -0.129. The van der Waals surface area contributed by atoms with Crippen molar-refractivity contribution in [2.75, 3.05) is 13.1 Å². The Morgan fingerprint density at radius 2 is 2.04 bits per heavy atom. The molecule has 3 rings (SSSR count). The van der Waals surface area contributed by atoms with Crippen molar-refractivity contribution in [1.29, 1.82) is 0 Å². The SMILES string of the molecule is CCC(=O)N1CC[C@H](NC(=O)c2ccc3c(=O)n(CC)c(=O)[nH]c3c2)C1. The van der Waals surface area contributed by atoms with Crippen LogP contribution in [-0.2, 0) is 11.3 Å². The molecule has 2 aromatic rings. The molecule has 1 aliphatic rings. The first kappa shape index (κ1) is 17.9. The molecule has 1 fully saturated rings. The number of aromatic amines is 1. The average molecular weight is 358 g/mol. The first-order valence-electron chi connectivity index (χ1n) is 8.80. The zero-order valence-corrected chi connectivity index (χ0v) is 14.9. The molecule has 138 valence electrons. The van der Waals surface area contributed by atoms with Crippen molar-refractivity contribution in [2.45, 2.75) is 39.3 Å². The van der Waals surface area contributed by atoms with Gasteiger partial charge in [0, 0.05) is 37.7 Å². The second-order valence-electron chi connectivity index (χ2n) is 6.39. The van der Waals surface area contributed by atoms with E-state index in [0.29, 0.717) is 42.4 Å². The maximum absolute atomic E-state index is 12.5. The van der Waals surface area contributed by atoms with Gasteiger partial charge in [0.05, 0.1) is 10.9 Å². The Labute approximate surface area is 149 Å². The molecule has 0 spiro atoms. The molecule has 0 unspecified atom stereocenters. The van der Waals surface area contributed by atoms with Crippen LogP contribution in [0.4, 0.5) is 0 Å². The van der Waals surface area contributed by atoms with E-state index in [4.69, 9.17) is 0 Å². The largest absolute Gasteiger partial charge is 0.347 e. The van der Waals surface area contributed by atoms with Gasteiger partial charge in [0.25, 0.3) is 11.5 Å². The quantitative estimate of drug-likeness (QED) is 0.828. The zero-order chi connectivity index (χ0) is 18.8. The summed E-state index contributed by atoms with van der Waals surface area (Å²) in [5, 5.41) is 3.28. The molecule has 1 aromatic carbocycles. The fourth-order valence-corrected chi connectivity index (χ4v) is 3.28. The fraction of sp³-hybridized carbons (Fsp3) is 0.444. The first-order valence-corrected chi connectivity index (χ1v) is 8.80. The minimum absolute atomic E-state index is 0.0808. The van der Waals surface area contributed by atoms with E-state index in [-0.39, 0.29) is 30.0 Å². The number of amides is 2. The van der Waals surface area contributed by atoms with Crippen LogP contribution < -0.4 is 16.6 Å². The van der Waals surface area contributed by atoms with E-state index >= 15 is 0 Å². The van der Waals surface area contributed by atoms with E-state index in [9.17, 15) is 19.2 Å².